The van der Waals surface area contributed by atoms with Gasteiger partial charge in [-0.25, -0.2) is 13.1 Å². The molecular weight excluding hydrogens is 346 g/mol. The lowest BCUT2D eigenvalue weighted by Gasteiger charge is -2.21. The highest BCUT2D eigenvalue weighted by atomic mass is 79.9. The van der Waals surface area contributed by atoms with E-state index in [1.54, 1.807) is 6.07 Å². The van der Waals surface area contributed by atoms with E-state index in [4.69, 9.17) is 0 Å². The van der Waals surface area contributed by atoms with Crippen molar-refractivity contribution < 1.29 is 8.42 Å². The van der Waals surface area contributed by atoms with Gasteiger partial charge >= 0.3 is 0 Å². The summed E-state index contributed by atoms with van der Waals surface area (Å²) in [5.74, 6) is 1.14. The standard InChI is InChI=1S/C13H18BrNO2S2/c1-10-5-6-13(12(14)8-10)19(16,17)15-9-11-4-2-3-7-18-11/h5-6,8,11,15H,2-4,7,9H2,1H3. The Kier molecular flexibility index (Phi) is 5.34. The molecule has 1 aromatic rings. The van der Waals surface area contributed by atoms with Crippen LogP contribution >= 0.6 is 27.7 Å². The van der Waals surface area contributed by atoms with Crippen LogP contribution in [0.15, 0.2) is 27.6 Å². The minimum absolute atomic E-state index is 0.318. The molecular formula is C13H18BrNO2S2. The number of hydrogen-bond donors (Lipinski definition) is 1. The zero-order valence-corrected chi connectivity index (χ0v) is 14.1. The smallest absolute Gasteiger partial charge is 0.210 e. The van der Waals surface area contributed by atoms with Crippen molar-refractivity contribution in [1.82, 2.24) is 4.72 Å². The summed E-state index contributed by atoms with van der Waals surface area (Å²) in [7, 11) is -3.42. The third-order valence-corrected chi connectivity index (χ3v) is 6.95. The summed E-state index contributed by atoms with van der Waals surface area (Å²) in [5, 5.41) is 0.410. The minimum Gasteiger partial charge on any atom is -0.210 e. The van der Waals surface area contributed by atoms with Crippen LogP contribution in [0, 0.1) is 6.92 Å². The quantitative estimate of drug-likeness (QED) is 0.892. The van der Waals surface area contributed by atoms with E-state index in [1.807, 2.05) is 30.8 Å². The fourth-order valence-corrected chi connectivity index (χ4v) is 5.69. The number of aryl methyl sites for hydroxylation is 1. The maximum atomic E-state index is 12.3. The van der Waals surface area contributed by atoms with Gasteiger partial charge in [-0.1, -0.05) is 12.5 Å². The Hall–Kier alpha value is -0.0400. The van der Waals surface area contributed by atoms with Gasteiger partial charge in [0.2, 0.25) is 10.0 Å². The van der Waals surface area contributed by atoms with Crippen molar-refractivity contribution >= 4 is 37.7 Å². The molecule has 0 aliphatic carbocycles. The van der Waals surface area contributed by atoms with Gasteiger partial charge in [-0.05, 0) is 59.1 Å². The molecule has 0 aromatic heterocycles. The monoisotopic (exact) mass is 363 g/mol. The molecule has 1 aliphatic rings. The van der Waals surface area contributed by atoms with Crippen molar-refractivity contribution in [3.63, 3.8) is 0 Å². The average molecular weight is 364 g/mol. The Morgan fingerprint density at radius 3 is 2.84 bits per heavy atom. The number of halogens is 1. The fourth-order valence-electron chi connectivity index (χ4n) is 2.07. The molecule has 2 rings (SSSR count). The van der Waals surface area contributed by atoms with Gasteiger partial charge in [0.05, 0.1) is 4.90 Å². The van der Waals surface area contributed by atoms with Gasteiger partial charge < -0.3 is 0 Å². The van der Waals surface area contributed by atoms with Crippen LogP contribution < -0.4 is 4.72 Å². The number of hydrogen-bond acceptors (Lipinski definition) is 3. The van der Waals surface area contributed by atoms with E-state index in [-0.39, 0.29) is 0 Å². The molecule has 1 aromatic carbocycles. The van der Waals surface area contributed by atoms with Crippen molar-refractivity contribution in [2.24, 2.45) is 0 Å². The van der Waals surface area contributed by atoms with Gasteiger partial charge in [0.25, 0.3) is 0 Å². The van der Waals surface area contributed by atoms with E-state index < -0.39 is 10.0 Å². The van der Waals surface area contributed by atoms with E-state index in [1.165, 1.54) is 12.8 Å². The fraction of sp³-hybridized carbons (Fsp3) is 0.538. The number of benzene rings is 1. The zero-order chi connectivity index (χ0) is 13.9. The molecule has 0 saturated carbocycles. The van der Waals surface area contributed by atoms with Gasteiger partial charge in [-0.2, -0.15) is 11.8 Å². The van der Waals surface area contributed by atoms with E-state index in [0.717, 1.165) is 17.7 Å². The van der Waals surface area contributed by atoms with Gasteiger partial charge in [-0.3, -0.25) is 0 Å². The second-order valence-electron chi connectivity index (χ2n) is 4.77. The summed E-state index contributed by atoms with van der Waals surface area (Å²) in [6.07, 6.45) is 3.55. The number of thioether (sulfide) groups is 1. The van der Waals surface area contributed by atoms with Crippen LogP contribution in [0.4, 0.5) is 0 Å². The summed E-state index contributed by atoms with van der Waals surface area (Å²) in [6, 6.07) is 5.29. The Labute approximate surface area is 127 Å². The summed E-state index contributed by atoms with van der Waals surface area (Å²) >= 11 is 5.19. The third-order valence-electron chi connectivity index (χ3n) is 3.15. The molecule has 106 valence electrons. The highest BCUT2D eigenvalue weighted by Crippen LogP contribution is 2.26. The molecule has 0 amide bonds. The number of rotatable bonds is 4. The van der Waals surface area contributed by atoms with Gasteiger partial charge in [0.1, 0.15) is 0 Å². The Morgan fingerprint density at radius 2 is 2.21 bits per heavy atom. The second-order valence-corrected chi connectivity index (χ2v) is 8.77. The summed E-state index contributed by atoms with van der Waals surface area (Å²) in [5.41, 5.74) is 1.04. The SMILES string of the molecule is Cc1ccc(S(=O)(=O)NCC2CCCCS2)c(Br)c1. The van der Waals surface area contributed by atoms with Crippen LogP contribution in [0.1, 0.15) is 24.8 Å². The first-order valence-electron chi connectivity index (χ1n) is 6.36. The van der Waals surface area contributed by atoms with Crippen molar-refractivity contribution in [3.05, 3.63) is 28.2 Å². The molecule has 1 atom stereocenters. The zero-order valence-electron chi connectivity index (χ0n) is 10.9. The van der Waals surface area contributed by atoms with E-state index in [2.05, 4.69) is 20.7 Å². The lowest BCUT2D eigenvalue weighted by molar-refractivity contribution is 0.573. The largest absolute Gasteiger partial charge is 0.241 e. The average Bonchev–Trinajstić information content (AvgIpc) is 2.37. The maximum Gasteiger partial charge on any atom is 0.241 e. The first-order valence-corrected chi connectivity index (χ1v) is 9.69. The molecule has 0 bridgehead atoms. The van der Waals surface area contributed by atoms with Gasteiger partial charge in [0, 0.05) is 16.3 Å². The van der Waals surface area contributed by atoms with Crippen LogP contribution in [0.25, 0.3) is 0 Å². The molecule has 6 heteroatoms. The molecule has 19 heavy (non-hydrogen) atoms. The number of nitrogens with one attached hydrogen (secondary N) is 1. The predicted octanol–water partition coefficient (Wildman–Crippen LogP) is 3.32. The van der Waals surface area contributed by atoms with Gasteiger partial charge in [0.15, 0.2) is 0 Å². The van der Waals surface area contributed by atoms with Crippen molar-refractivity contribution in [2.45, 2.75) is 36.3 Å². The lowest BCUT2D eigenvalue weighted by Crippen LogP contribution is -2.32. The predicted molar refractivity (Wildman–Crippen MR) is 84.2 cm³/mol. The van der Waals surface area contributed by atoms with E-state index in [9.17, 15) is 8.42 Å². The second kappa shape index (κ2) is 6.61. The Balaban J connectivity index is 2.05. The summed E-state index contributed by atoms with van der Waals surface area (Å²) in [6.45, 7) is 2.46. The molecule has 1 fully saturated rings. The highest BCUT2D eigenvalue weighted by Gasteiger charge is 2.20. The van der Waals surface area contributed by atoms with Crippen molar-refractivity contribution in [1.29, 1.82) is 0 Å². The lowest BCUT2D eigenvalue weighted by atomic mass is 10.2. The summed E-state index contributed by atoms with van der Waals surface area (Å²) < 4.78 is 27.9. The van der Waals surface area contributed by atoms with Crippen LogP contribution in [-0.2, 0) is 10.0 Å². The molecule has 1 N–H and O–H groups in total. The van der Waals surface area contributed by atoms with Crippen LogP contribution in [0.2, 0.25) is 0 Å². The van der Waals surface area contributed by atoms with E-state index >= 15 is 0 Å². The molecule has 1 heterocycles. The normalized spacial score (nSPS) is 20.4. The molecule has 1 unspecified atom stereocenters. The topological polar surface area (TPSA) is 46.2 Å². The Bertz CT molecular complexity index is 540. The van der Waals surface area contributed by atoms with Crippen LogP contribution in [0.3, 0.4) is 0 Å². The Morgan fingerprint density at radius 1 is 1.42 bits per heavy atom. The number of sulfonamides is 1. The van der Waals surface area contributed by atoms with Crippen molar-refractivity contribution in [3.8, 4) is 0 Å². The van der Waals surface area contributed by atoms with Crippen LogP contribution in [0.5, 0.6) is 0 Å². The molecule has 1 aliphatic heterocycles. The molecule has 0 spiro atoms. The molecule has 0 radical (unpaired) electrons. The minimum atomic E-state index is -3.42. The first-order chi connectivity index (χ1) is 8.99. The molecule has 1 saturated heterocycles. The van der Waals surface area contributed by atoms with Crippen molar-refractivity contribution in [2.75, 3.05) is 12.3 Å². The van der Waals surface area contributed by atoms with E-state index in [0.29, 0.717) is 21.2 Å². The summed E-state index contributed by atoms with van der Waals surface area (Å²) in [4.78, 5) is 0.318. The third kappa shape index (κ3) is 4.21. The molecule has 3 nitrogen and oxygen atoms in total. The van der Waals surface area contributed by atoms with Gasteiger partial charge in [-0.15, -0.1) is 0 Å². The first kappa shape index (κ1) is 15.4. The van der Waals surface area contributed by atoms with Crippen LogP contribution in [-0.4, -0.2) is 26.0 Å². The highest BCUT2D eigenvalue weighted by molar-refractivity contribution is 9.10. The maximum absolute atomic E-state index is 12.3.